The molecule has 1 N–H and O–H groups in total. The quantitative estimate of drug-likeness (QED) is 0.625. The predicted octanol–water partition coefficient (Wildman–Crippen LogP) is 4.62. The van der Waals surface area contributed by atoms with E-state index < -0.39 is 0 Å². The van der Waals surface area contributed by atoms with Crippen LogP contribution in [0.15, 0.2) is 53.4 Å². The van der Waals surface area contributed by atoms with E-state index >= 15 is 0 Å². The van der Waals surface area contributed by atoms with Gasteiger partial charge >= 0.3 is 0 Å². The zero-order valence-electron chi connectivity index (χ0n) is 18.5. The van der Waals surface area contributed by atoms with Gasteiger partial charge in [0, 0.05) is 35.8 Å². The first-order chi connectivity index (χ1) is 15.7. The number of morpholine rings is 1. The zero-order chi connectivity index (χ0) is 22.2. The van der Waals surface area contributed by atoms with Gasteiger partial charge in [-0.05, 0) is 42.7 Å². The molecule has 4 rings (SSSR count). The van der Waals surface area contributed by atoms with E-state index in [1.165, 1.54) is 19.3 Å². The number of carbonyl (C=O) groups excluding carboxylic acids is 1. The summed E-state index contributed by atoms with van der Waals surface area (Å²) in [4.78, 5) is 16.8. The number of ether oxygens (including phenoxy) is 1. The number of nitrogens with one attached hydrogen (secondary N) is 1. The molecule has 1 amide bonds. The SMILES string of the molecule is N#Cc1ccc(CSc2ccccc2C(=O)NCC2(N3CCOCC3)CCCCC2)cc1. The number of carbonyl (C=O) groups is 1. The predicted molar refractivity (Wildman–Crippen MR) is 128 cm³/mol. The Balaban J connectivity index is 1.41. The van der Waals surface area contributed by atoms with E-state index in [0.717, 1.165) is 60.9 Å². The van der Waals surface area contributed by atoms with Gasteiger partial charge in [0.2, 0.25) is 0 Å². The molecule has 0 bridgehead atoms. The highest BCUT2D eigenvalue weighted by molar-refractivity contribution is 7.98. The van der Waals surface area contributed by atoms with Gasteiger partial charge in [0.05, 0.1) is 30.4 Å². The van der Waals surface area contributed by atoms with Crippen LogP contribution in [0.3, 0.4) is 0 Å². The number of benzene rings is 2. The number of rotatable bonds is 7. The molecule has 32 heavy (non-hydrogen) atoms. The molecule has 1 aliphatic carbocycles. The van der Waals surface area contributed by atoms with Gasteiger partial charge in [0.1, 0.15) is 0 Å². The lowest BCUT2D eigenvalue weighted by atomic mass is 9.79. The average Bonchev–Trinajstić information content (AvgIpc) is 2.87. The van der Waals surface area contributed by atoms with Crippen LogP contribution in [0, 0.1) is 11.3 Å². The fourth-order valence-corrected chi connectivity index (χ4v) is 5.81. The molecule has 0 unspecified atom stereocenters. The molecule has 1 saturated heterocycles. The van der Waals surface area contributed by atoms with Gasteiger partial charge in [-0.3, -0.25) is 9.69 Å². The number of thioether (sulfide) groups is 1. The van der Waals surface area contributed by atoms with Crippen LogP contribution in [-0.2, 0) is 10.5 Å². The van der Waals surface area contributed by atoms with Gasteiger partial charge in [-0.25, -0.2) is 0 Å². The summed E-state index contributed by atoms with van der Waals surface area (Å²) in [5.74, 6) is 0.763. The van der Waals surface area contributed by atoms with Crippen molar-refractivity contribution in [2.45, 2.75) is 48.3 Å². The molecule has 0 atom stereocenters. The minimum absolute atomic E-state index is 0.00568. The fraction of sp³-hybridized carbons (Fsp3) is 0.462. The molecule has 1 heterocycles. The smallest absolute Gasteiger partial charge is 0.252 e. The van der Waals surface area contributed by atoms with Crippen molar-refractivity contribution in [1.82, 2.24) is 10.2 Å². The number of hydrogen-bond donors (Lipinski definition) is 1. The van der Waals surface area contributed by atoms with Crippen molar-refractivity contribution in [1.29, 1.82) is 5.26 Å². The van der Waals surface area contributed by atoms with Crippen molar-refractivity contribution in [3.8, 4) is 6.07 Å². The van der Waals surface area contributed by atoms with Crippen LogP contribution in [0.25, 0.3) is 0 Å². The highest BCUT2D eigenvalue weighted by atomic mass is 32.2. The summed E-state index contributed by atoms with van der Waals surface area (Å²) in [6.07, 6.45) is 6.02. The minimum Gasteiger partial charge on any atom is -0.379 e. The second-order valence-corrected chi connectivity index (χ2v) is 9.68. The van der Waals surface area contributed by atoms with Crippen LogP contribution in [-0.4, -0.2) is 49.2 Å². The third-order valence-electron chi connectivity index (χ3n) is 6.65. The normalized spacial score (nSPS) is 18.6. The van der Waals surface area contributed by atoms with Gasteiger partial charge in [-0.1, -0.05) is 43.5 Å². The minimum atomic E-state index is 0.00568. The summed E-state index contributed by atoms with van der Waals surface area (Å²) in [7, 11) is 0. The Kier molecular flexibility index (Phi) is 7.85. The zero-order valence-corrected chi connectivity index (χ0v) is 19.3. The van der Waals surface area contributed by atoms with Crippen LogP contribution in [0.4, 0.5) is 0 Å². The Bertz CT molecular complexity index is 942. The molecule has 6 heteroatoms. The largest absolute Gasteiger partial charge is 0.379 e. The number of amides is 1. The maximum atomic E-state index is 13.2. The van der Waals surface area contributed by atoms with Crippen molar-refractivity contribution in [3.63, 3.8) is 0 Å². The Morgan fingerprint density at radius 1 is 1.06 bits per heavy atom. The van der Waals surface area contributed by atoms with Crippen LogP contribution in [0.5, 0.6) is 0 Å². The topological polar surface area (TPSA) is 65.4 Å². The van der Waals surface area contributed by atoms with E-state index in [9.17, 15) is 4.79 Å². The first-order valence-electron chi connectivity index (χ1n) is 11.5. The molecular formula is C26H31N3O2S. The summed E-state index contributed by atoms with van der Waals surface area (Å²) in [6.45, 7) is 4.16. The summed E-state index contributed by atoms with van der Waals surface area (Å²) < 4.78 is 5.57. The standard InChI is InChI=1S/C26H31N3O2S/c27-18-21-8-10-22(11-9-21)19-32-24-7-3-2-6-23(24)25(30)28-20-26(12-4-1-5-13-26)29-14-16-31-17-15-29/h2-3,6-11H,1,4-5,12-17,19-20H2,(H,28,30). The lowest BCUT2D eigenvalue weighted by Gasteiger charge is -2.48. The Labute approximate surface area is 195 Å². The van der Waals surface area contributed by atoms with Crippen LogP contribution in [0.1, 0.15) is 53.6 Å². The molecule has 1 saturated carbocycles. The van der Waals surface area contributed by atoms with Crippen molar-refractivity contribution in [2.75, 3.05) is 32.8 Å². The van der Waals surface area contributed by atoms with Crippen LogP contribution >= 0.6 is 11.8 Å². The average molecular weight is 450 g/mol. The molecule has 0 radical (unpaired) electrons. The van der Waals surface area contributed by atoms with Crippen molar-refractivity contribution in [3.05, 3.63) is 65.2 Å². The van der Waals surface area contributed by atoms with Crippen molar-refractivity contribution >= 4 is 17.7 Å². The highest BCUT2D eigenvalue weighted by Crippen LogP contribution is 2.34. The number of nitrogens with zero attached hydrogens (tertiary/aromatic N) is 2. The van der Waals surface area contributed by atoms with E-state index in [1.54, 1.807) is 11.8 Å². The molecule has 2 aromatic carbocycles. The Morgan fingerprint density at radius 2 is 1.78 bits per heavy atom. The third kappa shape index (κ3) is 5.53. The molecule has 0 aromatic heterocycles. The van der Waals surface area contributed by atoms with Crippen LogP contribution in [0.2, 0.25) is 0 Å². The maximum Gasteiger partial charge on any atom is 0.252 e. The molecule has 1 aliphatic heterocycles. The second kappa shape index (κ2) is 11.0. The second-order valence-electron chi connectivity index (χ2n) is 8.66. The summed E-state index contributed by atoms with van der Waals surface area (Å²) >= 11 is 1.66. The van der Waals surface area contributed by atoms with E-state index in [4.69, 9.17) is 10.00 Å². The van der Waals surface area contributed by atoms with Crippen molar-refractivity contribution < 1.29 is 9.53 Å². The highest BCUT2D eigenvalue weighted by Gasteiger charge is 2.38. The van der Waals surface area contributed by atoms with E-state index in [1.807, 2.05) is 48.5 Å². The van der Waals surface area contributed by atoms with Crippen molar-refractivity contribution in [2.24, 2.45) is 0 Å². The first kappa shape index (κ1) is 22.8. The summed E-state index contributed by atoms with van der Waals surface area (Å²) in [6, 6.07) is 17.6. The Morgan fingerprint density at radius 3 is 2.50 bits per heavy atom. The molecule has 2 fully saturated rings. The number of hydrogen-bond acceptors (Lipinski definition) is 5. The van der Waals surface area contributed by atoms with Gasteiger partial charge < -0.3 is 10.1 Å². The van der Waals surface area contributed by atoms with Gasteiger partial charge in [0.15, 0.2) is 0 Å². The first-order valence-corrected chi connectivity index (χ1v) is 12.5. The summed E-state index contributed by atoms with van der Waals surface area (Å²) in [5.41, 5.74) is 2.59. The molecule has 2 aliphatic rings. The van der Waals surface area contributed by atoms with Gasteiger partial charge in [-0.2, -0.15) is 5.26 Å². The maximum absolute atomic E-state index is 13.2. The van der Waals surface area contributed by atoms with E-state index in [-0.39, 0.29) is 11.4 Å². The lowest BCUT2D eigenvalue weighted by molar-refractivity contribution is -0.0361. The molecule has 2 aromatic rings. The van der Waals surface area contributed by atoms with Gasteiger partial charge in [0.25, 0.3) is 5.91 Å². The number of nitriles is 1. The Hall–Kier alpha value is -2.33. The lowest BCUT2D eigenvalue weighted by Crippen LogP contribution is -2.59. The molecule has 168 valence electrons. The van der Waals surface area contributed by atoms with Gasteiger partial charge in [-0.15, -0.1) is 11.8 Å². The summed E-state index contributed by atoms with van der Waals surface area (Å²) in [5, 5.41) is 12.3. The third-order valence-corrected chi connectivity index (χ3v) is 7.80. The fourth-order valence-electron chi connectivity index (χ4n) is 4.81. The monoisotopic (exact) mass is 449 g/mol. The molecular weight excluding hydrogens is 418 g/mol. The van der Waals surface area contributed by atoms with E-state index in [2.05, 4.69) is 16.3 Å². The van der Waals surface area contributed by atoms with E-state index in [0.29, 0.717) is 12.1 Å². The molecule has 0 spiro atoms. The van der Waals surface area contributed by atoms with Crippen LogP contribution < -0.4 is 5.32 Å². The molecule has 5 nitrogen and oxygen atoms in total.